The topological polar surface area (TPSA) is 106 Å². The smallest absolute Gasteiger partial charge is 0.329 e. The number of carbonyl (C=O) groups excluding carboxylic acids is 1. The average Bonchev–Trinajstić information content (AvgIpc) is 3.21. The van der Waals surface area contributed by atoms with E-state index in [0.717, 1.165) is 54.2 Å². The first kappa shape index (κ1) is 20.0. The monoisotopic (exact) mass is 446 g/mol. The molecule has 170 valence electrons. The molecule has 1 fully saturated rings. The predicted octanol–water partition coefficient (Wildman–Crippen LogP) is 2.59. The number of amides is 2. The van der Waals surface area contributed by atoms with Crippen molar-refractivity contribution in [3.63, 3.8) is 0 Å². The zero-order valence-corrected chi connectivity index (χ0v) is 18.7. The number of hydrogen-bond donors (Lipinski definition) is 1. The van der Waals surface area contributed by atoms with Crippen molar-refractivity contribution in [1.29, 1.82) is 0 Å². The lowest BCUT2D eigenvalue weighted by atomic mass is 10.1. The van der Waals surface area contributed by atoms with Crippen LogP contribution in [0, 0.1) is 6.92 Å². The Labute approximate surface area is 191 Å². The number of aromatic nitrogens is 4. The van der Waals surface area contributed by atoms with Gasteiger partial charge in [-0.15, -0.1) is 0 Å². The van der Waals surface area contributed by atoms with E-state index in [9.17, 15) is 4.79 Å². The molecule has 1 saturated heterocycles. The Kier molecular flexibility index (Phi) is 4.51. The number of hydrogen-bond acceptors (Lipinski definition) is 7. The highest BCUT2D eigenvalue weighted by Gasteiger charge is 2.44. The summed E-state index contributed by atoms with van der Waals surface area (Å²) in [7, 11) is 1.74. The third-order valence-electron chi connectivity index (χ3n) is 6.59. The van der Waals surface area contributed by atoms with Gasteiger partial charge in [0.1, 0.15) is 17.8 Å². The molecule has 3 aliphatic rings. The Morgan fingerprint density at radius 1 is 1.21 bits per heavy atom. The molecule has 1 unspecified atom stereocenters. The third-order valence-corrected chi connectivity index (χ3v) is 6.59. The van der Waals surface area contributed by atoms with Crippen molar-refractivity contribution in [3.05, 3.63) is 47.7 Å². The van der Waals surface area contributed by atoms with Crippen LogP contribution in [0.4, 0.5) is 16.6 Å². The maximum Gasteiger partial charge on any atom is 0.329 e. The fourth-order valence-corrected chi connectivity index (χ4v) is 4.97. The van der Waals surface area contributed by atoms with Gasteiger partial charge in [-0.05, 0) is 25.8 Å². The van der Waals surface area contributed by atoms with Crippen molar-refractivity contribution in [3.8, 4) is 0 Å². The number of anilines is 2. The highest BCUT2D eigenvalue weighted by Crippen LogP contribution is 2.42. The van der Waals surface area contributed by atoms with E-state index in [2.05, 4.69) is 9.88 Å². The molecule has 10 heteroatoms. The number of rotatable bonds is 3. The number of carbonyl (C=O) groups is 1. The van der Waals surface area contributed by atoms with Crippen molar-refractivity contribution in [2.75, 3.05) is 29.9 Å². The zero-order valence-electron chi connectivity index (χ0n) is 18.7. The molecule has 10 nitrogen and oxygen atoms in total. The number of fused-ring (bicyclic) bond motifs is 1. The first-order chi connectivity index (χ1) is 16.0. The summed E-state index contributed by atoms with van der Waals surface area (Å²) in [5.41, 5.74) is 8.78. The number of para-hydroxylation sites is 1. The molecule has 2 aromatic heterocycles. The van der Waals surface area contributed by atoms with Gasteiger partial charge >= 0.3 is 6.03 Å². The number of nitrogens with two attached hydrogens (primary N) is 1. The molecule has 33 heavy (non-hydrogen) atoms. The highest BCUT2D eigenvalue weighted by molar-refractivity contribution is 5.94. The predicted molar refractivity (Wildman–Crippen MR) is 124 cm³/mol. The Bertz CT molecular complexity index is 1280. The van der Waals surface area contributed by atoms with Crippen LogP contribution >= 0.6 is 0 Å². The fourth-order valence-electron chi connectivity index (χ4n) is 4.97. The van der Waals surface area contributed by atoms with Gasteiger partial charge in [-0.2, -0.15) is 4.98 Å². The molecule has 0 bridgehead atoms. The molecule has 5 heterocycles. The van der Waals surface area contributed by atoms with Gasteiger partial charge in [0.2, 0.25) is 12.2 Å². The maximum absolute atomic E-state index is 13.4. The minimum absolute atomic E-state index is 0.115. The van der Waals surface area contributed by atoms with Gasteiger partial charge in [-0.1, -0.05) is 18.2 Å². The van der Waals surface area contributed by atoms with Gasteiger partial charge in [0, 0.05) is 43.5 Å². The van der Waals surface area contributed by atoms with Gasteiger partial charge in [0.05, 0.1) is 12.1 Å². The molecule has 0 saturated carbocycles. The molecule has 1 aromatic carbocycles. The molecule has 0 spiro atoms. The van der Waals surface area contributed by atoms with E-state index in [1.165, 1.54) is 0 Å². The summed E-state index contributed by atoms with van der Waals surface area (Å²) in [5, 5.41) is 1.00. The molecular formula is C23H26N8O2. The summed E-state index contributed by atoms with van der Waals surface area (Å²) in [5.74, 6) is 1.97. The zero-order chi connectivity index (χ0) is 22.7. The Morgan fingerprint density at radius 2 is 2.06 bits per heavy atom. The lowest BCUT2D eigenvalue weighted by Gasteiger charge is -2.39. The summed E-state index contributed by atoms with van der Waals surface area (Å²) in [6, 6.07) is 7.79. The van der Waals surface area contributed by atoms with Gasteiger partial charge in [0.15, 0.2) is 5.82 Å². The van der Waals surface area contributed by atoms with E-state index in [4.69, 9.17) is 20.4 Å². The van der Waals surface area contributed by atoms with Gasteiger partial charge in [-0.25, -0.2) is 14.8 Å². The van der Waals surface area contributed by atoms with Crippen LogP contribution in [0.5, 0.6) is 0 Å². The van der Waals surface area contributed by atoms with Crippen molar-refractivity contribution >= 4 is 34.9 Å². The number of piperidine rings is 1. The van der Waals surface area contributed by atoms with Crippen LogP contribution in [-0.4, -0.2) is 56.6 Å². The summed E-state index contributed by atoms with van der Waals surface area (Å²) in [4.78, 5) is 33.0. The molecule has 2 N–H and O–H groups in total. The Morgan fingerprint density at radius 3 is 2.91 bits per heavy atom. The summed E-state index contributed by atoms with van der Waals surface area (Å²) in [6.45, 7) is 3.80. The lowest BCUT2D eigenvalue weighted by Crippen LogP contribution is -2.49. The number of urea groups is 1. The second-order valence-electron chi connectivity index (χ2n) is 8.82. The first-order valence-corrected chi connectivity index (χ1v) is 11.2. The van der Waals surface area contributed by atoms with Crippen molar-refractivity contribution < 1.29 is 9.53 Å². The van der Waals surface area contributed by atoms with Crippen LogP contribution in [-0.2, 0) is 11.3 Å². The molecule has 0 radical (unpaired) electrons. The van der Waals surface area contributed by atoms with E-state index in [-0.39, 0.29) is 18.6 Å². The van der Waals surface area contributed by atoms with Crippen LogP contribution in [0.25, 0.3) is 17.1 Å². The second kappa shape index (κ2) is 7.45. The molecule has 0 aliphatic carbocycles. The largest absolute Gasteiger partial charge is 0.470 e. The third kappa shape index (κ3) is 3.12. The fraction of sp³-hybridized carbons (Fsp3) is 0.391. The van der Waals surface area contributed by atoms with Crippen molar-refractivity contribution in [2.45, 2.75) is 38.6 Å². The minimum atomic E-state index is -0.608. The Hall–Kier alpha value is -3.66. The summed E-state index contributed by atoms with van der Waals surface area (Å²) >= 11 is 0. The van der Waals surface area contributed by atoms with E-state index >= 15 is 0 Å². The van der Waals surface area contributed by atoms with Gasteiger partial charge < -0.3 is 15.4 Å². The molecular weight excluding hydrogens is 420 g/mol. The first-order valence-electron chi connectivity index (χ1n) is 11.2. The summed E-state index contributed by atoms with van der Waals surface area (Å²) < 4.78 is 7.98. The molecule has 3 aliphatic heterocycles. The van der Waals surface area contributed by atoms with E-state index in [1.54, 1.807) is 23.1 Å². The van der Waals surface area contributed by atoms with E-state index in [0.29, 0.717) is 11.6 Å². The van der Waals surface area contributed by atoms with Crippen LogP contribution in [0.3, 0.4) is 0 Å². The second-order valence-corrected chi connectivity index (χ2v) is 8.82. The number of ether oxygens (including phenoxy) is 1. The normalized spacial score (nSPS) is 22.0. The van der Waals surface area contributed by atoms with Crippen molar-refractivity contribution in [2.24, 2.45) is 5.73 Å². The van der Waals surface area contributed by atoms with Crippen molar-refractivity contribution in [1.82, 2.24) is 24.4 Å². The highest BCUT2D eigenvalue weighted by atomic mass is 16.5. The van der Waals surface area contributed by atoms with Gasteiger partial charge in [-0.3, -0.25) is 14.4 Å². The van der Waals surface area contributed by atoms with E-state index in [1.807, 2.05) is 42.0 Å². The number of benzene rings is 1. The molecule has 6 rings (SSSR count). The maximum atomic E-state index is 13.4. The summed E-state index contributed by atoms with van der Waals surface area (Å²) in [6.07, 6.45) is 4.89. The molecule has 3 aromatic rings. The molecule has 2 amide bonds. The van der Waals surface area contributed by atoms with E-state index < -0.39 is 6.23 Å². The van der Waals surface area contributed by atoms with Crippen LogP contribution < -0.4 is 15.5 Å². The SMILES string of the molecule is Cc1nc(CN2C(=O)N(C)c3nc(N4CCC[C@@H](N)C4)n4c3C2OC=C4)nc2ccccc12. The van der Waals surface area contributed by atoms with Gasteiger partial charge in [0.25, 0.3) is 0 Å². The minimum Gasteiger partial charge on any atom is -0.470 e. The lowest BCUT2D eigenvalue weighted by molar-refractivity contribution is 0.000502. The van der Waals surface area contributed by atoms with Crippen LogP contribution in [0.15, 0.2) is 30.5 Å². The van der Waals surface area contributed by atoms with Crippen LogP contribution in [0.1, 0.15) is 36.3 Å². The quantitative estimate of drug-likeness (QED) is 0.659. The average molecular weight is 447 g/mol. The number of imidazole rings is 1. The molecule has 2 atom stereocenters. The number of nitrogens with zero attached hydrogens (tertiary/aromatic N) is 7. The Balaban J connectivity index is 1.39. The number of aryl methyl sites for hydroxylation is 1. The standard InChI is InChI=1S/C23H26N8O2/c1-14-16-7-3-4-8-17(16)26-18(25-14)13-31-21-19-20(28(2)23(31)32)27-22(30(19)10-11-33-21)29-9-5-6-15(24)12-29/h3-4,7-8,10-11,15,21H,5-6,9,12-13,24H2,1-2H3/t15-,21?/m1/s1. The van der Waals surface area contributed by atoms with Crippen LogP contribution in [0.2, 0.25) is 0 Å².